The number of nitrogens with two attached hydrogens (primary N) is 1. The second-order valence-electron chi connectivity index (χ2n) is 3.71. The molecule has 12 heavy (non-hydrogen) atoms. The molecule has 1 atom stereocenters. The molecule has 0 amide bonds. The van der Waals surface area contributed by atoms with Crippen molar-refractivity contribution in [3.63, 3.8) is 0 Å². The van der Waals surface area contributed by atoms with E-state index >= 15 is 0 Å². The van der Waals surface area contributed by atoms with Crippen molar-refractivity contribution in [1.82, 2.24) is 0 Å². The monoisotopic (exact) mass is 181 g/mol. The normalized spacial score (nSPS) is 20.5. The summed E-state index contributed by atoms with van der Waals surface area (Å²) in [6.45, 7) is 2.14. The number of hydrogen-bond acceptors (Lipinski definition) is 2. The van der Waals surface area contributed by atoms with Crippen LogP contribution in [0.15, 0.2) is 11.4 Å². The van der Waals surface area contributed by atoms with Crippen molar-refractivity contribution in [3.05, 3.63) is 21.9 Å². The molecule has 0 bridgehead atoms. The van der Waals surface area contributed by atoms with Gasteiger partial charge in [0, 0.05) is 10.9 Å². The van der Waals surface area contributed by atoms with Gasteiger partial charge in [-0.25, -0.2) is 0 Å². The first-order valence-corrected chi connectivity index (χ1v) is 5.46. The fourth-order valence-corrected chi connectivity index (χ4v) is 2.46. The van der Waals surface area contributed by atoms with Crippen LogP contribution in [0.5, 0.6) is 0 Å². The average Bonchev–Trinajstić information content (AvgIpc) is 2.31. The maximum atomic E-state index is 6.12. The van der Waals surface area contributed by atoms with E-state index in [-0.39, 0.29) is 0 Å². The molecule has 1 aliphatic rings. The molecule has 1 aliphatic carbocycles. The van der Waals surface area contributed by atoms with Crippen LogP contribution in [-0.2, 0) is 0 Å². The van der Waals surface area contributed by atoms with Crippen molar-refractivity contribution in [2.45, 2.75) is 32.2 Å². The molecule has 1 heterocycles. The summed E-state index contributed by atoms with van der Waals surface area (Å²) in [6, 6.07) is 2.54. The summed E-state index contributed by atoms with van der Waals surface area (Å²) in [5.41, 5.74) is 7.47. The molecule has 1 aromatic rings. The molecule has 1 aromatic heterocycles. The highest BCUT2D eigenvalue weighted by Gasteiger charge is 2.25. The molecular formula is C10H15NS. The summed E-state index contributed by atoms with van der Waals surface area (Å²) in [7, 11) is 0. The van der Waals surface area contributed by atoms with Gasteiger partial charge in [0.1, 0.15) is 0 Å². The van der Waals surface area contributed by atoms with Crippen LogP contribution >= 0.6 is 11.3 Å². The highest BCUT2D eigenvalue weighted by molar-refractivity contribution is 7.10. The third kappa shape index (κ3) is 1.41. The van der Waals surface area contributed by atoms with Crippen molar-refractivity contribution in [2.24, 2.45) is 11.7 Å². The van der Waals surface area contributed by atoms with Crippen LogP contribution in [0.25, 0.3) is 0 Å². The van der Waals surface area contributed by atoms with Gasteiger partial charge in [-0.3, -0.25) is 0 Å². The van der Waals surface area contributed by atoms with Gasteiger partial charge >= 0.3 is 0 Å². The fourth-order valence-electron chi connectivity index (χ4n) is 1.71. The van der Waals surface area contributed by atoms with Crippen molar-refractivity contribution in [2.75, 3.05) is 0 Å². The van der Waals surface area contributed by atoms with Gasteiger partial charge in [0.05, 0.1) is 0 Å². The summed E-state index contributed by atoms with van der Waals surface area (Å²) >= 11 is 1.80. The van der Waals surface area contributed by atoms with Gasteiger partial charge in [0.2, 0.25) is 0 Å². The summed E-state index contributed by atoms with van der Waals surface area (Å²) in [5.74, 6) is 0.763. The third-order valence-electron chi connectivity index (χ3n) is 2.79. The SMILES string of the molecule is Cc1cc(C(N)C2CCC2)cs1. The van der Waals surface area contributed by atoms with Gasteiger partial charge in [-0.1, -0.05) is 6.42 Å². The van der Waals surface area contributed by atoms with E-state index < -0.39 is 0 Å². The Morgan fingerprint density at radius 2 is 2.33 bits per heavy atom. The lowest BCUT2D eigenvalue weighted by Gasteiger charge is -2.30. The Hall–Kier alpha value is -0.340. The van der Waals surface area contributed by atoms with Crippen LogP contribution in [0.2, 0.25) is 0 Å². The van der Waals surface area contributed by atoms with Gasteiger partial charge in [-0.15, -0.1) is 11.3 Å². The molecule has 2 rings (SSSR count). The maximum absolute atomic E-state index is 6.12. The van der Waals surface area contributed by atoms with Crippen LogP contribution in [-0.4, -0.2) is 0 Å². The number of aryl methyl sites for hydroxylation is 1. The van der Waals surface area contributed by atoms with E-state index in [1.807, 2.05) is 0 Å². The van der Waals surface area contributed by atoms with Crippen molar-refractivity contribution in [1.29, 1.82) is 0 Å². The van der Waals surface area contributed by atoms with Crippen LogP contribution in [0, 0.1) is 12.8 Å². The van der Waals surface area contributed by atoms with E-state index in [2.05, 4.69) is 18.4 Å². The third-order valence-corrected chi connectivity index (χ3v) is 3.67. The first-order valence-electron chi connectivity index (χ1n) is 4.58. The first kappa shape index (κ1) is 8.27. The van der Waals surface area contributed by atoms with E-state index in [1.54, 1.807) is 11.3 Å². The lowest BCUT2D eigenvalue weighted by Crippen LogP contribution is -2.26. The quantitative estimate of drug-likeness (QED) is 0.746. The van der Waals surface area contributed by atoms with E-state index in [0.29, 0.717) is 6.04 Å². The average molecular weight is 181 g/mol. The molecule has 0 radical (unpaired) electrons. The summed E-state index contributed by atoms with van der Waals surface area (Å²) in [5, 5.41) is 2.21. The van der Waals surface area contributed by atoms with Gasteiger partial charge < -0.3 is 5.73 Å². The van der Waals surface area contributed by atoms with Crippen molar-refractivity contribution in [3.8, 4) is 0 Å². The van der Waals surface area contributed by atoms with Crippen LogP contribution in [0.1, 0.15) is 35.7 Å². The minimum absolute atomic E-state index is 0.309. The molecule has 1 nitrogen and oxygen atoms in total. The Kier molecular flexibility index (Phi) is 2.20. The lowest BCUT2D eigenvalue weighted by atomic mass is 9.78. The van der Waals surface area contributed by atoms with Crippen molar-refractivity contribution >= 4 is 11.3 Å². The summed E-state index contributed by atoms with van der Waals surface area (Å²) < 4.78 is 0. The fraction of sp³-hybridized carbons (Fsp3) is 0.600. The minimum atomic E-state index is 0.309. The topological polar surface area (TPSA) is 26.0 Å². The smallest absolute Gasteiger partial charge is 0.0331 e. The summed E-state index contributed by atoms with van der Waals surface area (Å²) in [6.07, 6.45) is 4.04. The van der Waals surface area contributed by atoms with Crippen LogP contribution in [0.4, 0.5) is 0 Å². The van der Waals surface area contributed by atoms with Gasteiger partial charge in [-0.05, 0) is 42.7 Å². The molecule has 1 fully saturated rings. The molecule has 0 aliphatic heterocycles. The Balaban J connectivity index is 2.08. The zero-order valence-electron chi connectivity index (χ0n) is 7.42. The van der Waals surface area contributed by atoms with Crippen LogP contribution < -0.4 is 5.73 Å². The standard InChI is InChI=1S/C10H15NS/c1-7-5-9(6-12-7)10(11)8-3-2-4-8/h5-6,8,10H,2-4,11H2,1H3. The lowest BCUT2D eigenvalue weighted by molar-refractivity contribution is 0.264. The molecule has 1 saturated carbocycles. The number of rotatable bonds is 2. The largest absolute Gasteiger partial charge is 0.324 e. The Labute approximate surface area is 77.6 Å². The Morgan fingerprint density at radius 3 is 2.75 bits per heavy atom. The maximum Gasteiger partial charge on any atom is 0.0331 e. The number of hydrogen-bond donors (Lipinski definition) is 1. The minimum Gasteiger partial charge on any atom is -0.324 e. The molecule has 0 spiro atoms. The second-order valence-corrected chi connectivity index (χ2v) is 4.82. The highest BCUT2D eigenvalue weighted by Crippen LogP contribution is 2.37. The van der Waals surface area contributed by atoms with E-state index in [0.717, 1.165) is 5.92 Å². The first-order chi connectivity index (χ1) is 5.77. The molecule has 66 valence electrons. The molecular weight excluding hydrogens is 166 g/mol. The van der Waals surface area contributed by atoms with Gasteiger partial charge in [-0.2, -0.15) is 0 Å². The van der Waals surface area contributed by atoms with Crippen molar-refractivity contribution < 1.29 is 0 Å². The van der Waals surface area contributed by atoms with E-state index in [1.165, 1.54) is 29.7 Å². The molecule has 2 heteroatoms. The van der Waals surface area contributed by atoms with Gasteiger partial charge in [0.15, 0.2) is 0 Å². The van der Waals surface area contributed by atoms with Gasteiger partial charge in [0.25, 0.3) is 0 Å². The predicted octanol–water partition coefficient (Wildman–Crippen LogP) is 2.86. The Bertz CT molecular complexity index is 263. The number of thiophene rings is 1. The zero-order valence-corrected chi connectivity index (χ0v) is 8.23. The van der Waals surface area contributed by atoms with E-state index in [4.69, 9.17) is 5.73 Å². The zero-order chi connectivity index (χ0) is 8.55. The highest BCUT2D eigenvalue weighted by atomic mass is 32.1. The van der Waals surface area contributed by atoms with Crippen LogP contribution in [0.3, 0.4) is 0 Å². The predicted molar refractivity (Wildman–Crippen MR) is 53.3 cm³/mol. The molecule has 2 N–H and O–H groups in total. The second kappa shape index (κ2) is 3.19. The molecule has 0 aromatic carbocycles. The summed E-state index contributed by atoms with van der Waals surface area (Å²) in [4.78, 5) is 1.37. The molecule has 1 unspecified atom stereocenters. The molecule has 0 saturated heterocycles. The Morgan fingerprint density at radius 1 is 1.58 bits per heavy atom. The van der Waals surface area contributed by atoms with E-state index in [9.17, 15) is 0 Å².